The zero-order chi connectivity index (χ0) is 15.7. The van der Waals surface area contributed by atoms with Gasteiger partial charge in [0.05, 0.1) is 0 Å². The first-order chi connectivity index (χ1) is 10.00. The number of rotatable bonds is 10. The molecule has 0 amide bonds. The second-order valence-corrected chi connectivity index (χ2v) is 7.78. The minimum absolute atomic E-state index is 0.300. The molecule has 0 radical (unpaired) electrons. The van der Waals surface area contributed by atoms with Crippen LogP contribution in [0.25, 0.3) is 0 Å². The largest absolute Gasteiger partial charge is 0.146 e. The van der Waals surface area contributed by atoms with Crippen LogP contribution in [0.5, 0.6) is 0 Å². The molecule has 1 unspecified atom stereocenters. The summed E-state index contributed by atoms with van der Waals surface area (Å²) < 4.78 is -0.779. The average molecular weight is 329 g/mol. The molecule has 120 valence electrons. The minimum atomic E-state index is -0.779. The molecule has 0 aromatic heterocycles. The summed E-state index contributed by atoms with van der Waals surface area (Å²) in [5.41, 5.74) is 1.03. The van der Waals surface area contributed by atoms with Crippen LogP contribution in [0.1, 0.15) is 71.3 Å². The van der Waals surface area contributed by atoms with E-state index >= 15 is 0 Å². The Balaban J connectivity index is 2.56. The van der Waals surface area contributed by atoms with Crippen molar-refractivity contribution < 1.29 is 0 Å². The van der Waals surface area contributed by atoms with E-state index in [1.165, 1.54) is 38.5 Å². The predicted octanol–water partition coefficient (Wildman–Crippen LogP) is 7.34. The van der Waals surface area contributed by atoms with Crippen molar-refractivity contribution in [3.63, 3.8) is 0 Å². The number of alkyl halides is 2. The Bertz CT molecular complexity index is 370. The fraction of sp³-hybridized carbons (Fsp3) is 0.684. The third-order valence-electron chi connectivity index (χ3n) is 4.30. The molecular weight excluding hydrogens is 299 g/mol. The van der Waals surface area contributed by atoms with Gasteiger partial charge in [-0.2, -0.15) is 0 Å². The molecule has 0 saturated heterocycles. The van der Waals surface area contributed by atoms with Crippen molar-refractivity contribution in [2.75, 3.05) is 0 Å². The molecule has 0 spiro atoms. The van der Waals surface area contributed by atoms with E-state index in [1.54, 1.807) is 0 Å². The van der Waals surface area contributed by atoms with Gasteiger partial charge in [-0.25, -0.2) is 0 Å². The van der Waals surface area contributed by atoms with E-state index in [0.29, 0.717) is 11.8 Å². The van der Waals surface area contributed by atoms with Gasteiger partial charge >= 0.3 is 0 Å². The van der Waals surface area contributed by atoms with E-state index in [-0.39, 0.29) is 0 Å². The van der Waals surface area contributed by atoms with Gasteiger partial charge < -0.3 is 0 Å². The third kappa shape index (κ3) is 6.20. The van der Waals surface area contributed by atoms with Gasteiger partial charge in [-0.3, -0.25) is 0 Å². The number of hydrogen-bond acceptors (Lipinski definition) is 0. The molecular formula is C19H30Cl2. The smallest absolute Gasteiger partial charge is 0.0960 e. The Labute approximate surface area is 141 Å². The molecule has 0 bridgehead atoms. The normalized spacial score (nSPS) is 13.6. The molecule has 0 aliphatic carbocycles. The van der Waals surface area contributed by atoms with Gasteiger partial charge in [0.2, 0.25) is 0 Å². The lowest BCUT2D eigenvalue weighted by Crippen LogP contribution is -2.28. The lowest BCUT2D eigenvalue weighted by Gasteiger charge is -2.33. The SMILES string of the molecule is CCCCCCCCC(C(C)C)C(Cl)(Cl)c1ccccc1. The van der Waals surface area contributed by atoms with Crippen molar-refractivity contribution in [1.29, 1.82) is 0 Å². The Morgan fingerprint density at radius 2 is 1.48 bits per heavy atom. The van der Waals surface area contributed by atoms with Crippen LogP contribution in [0.2, 0.25) is 0 Å². The summed E-state index contributed by atoms with van der Waals surface area (Å²) >= 11 is 13.5. The highest BCUT2D eigenvalue weighted by atomic mass is 35.5. The zero-order valence-corrected chi connectivity index (χ0v) is 15.3. The van der Waals surface area contributed by atoms with E-state index < -0.39 is 4.33 Å². The summed E-state index contributed by atoms with van der Waals surface area (Å²) in [6, 6.07) is 10.1. The van der Waals surface area contributed by atoms with Crippen LogP contribution in [0.4, 0.5) is 0 Å². The quantitative estimate of drug-likeness (QED) is 0.311. The fourth-order valence-electron chi connectivity index (χ4n) is 2.95. The maximum atomic E-state index is 6.75. The standard InChI is InChI=1S/C19H30Cl2/c1-4-5-6-7-8-12-15-18(16(2)3)19(20,21)17-13-10-9-11-14-17/h9-11,13-14,16,18H,4-8,12,15H2,1-3H3. The Morgan fingerprint density at radius 3 is 2.05 bits per heavy atom. The van der Waals surface area contributed by atoms with Crippen molar-refractivity contribution in [2.45, 2.75) is 70.1 Å². The summed E-state index contributed by atoms with van der Waals surface area (Å²) in [6.45, 7) is 6.71. The fourth-order valence-corrected chi connectivity index (χ4v) is 3.93. The molecule has 1 aromatic carbocycles. The first kappa shape index (κ1) is 18.8. The zero-order valence-electron chi connectivity index (χ0n) is 13.7. The number of benzene rings is 1. The molecule has 21 heavy (non-hydrogen) atoms. The van der Waals surface area contributed by atoms with Crippen LogP contribution >= 0.6 is 23.2 Å². The molecule has 1 rings (SSSR count). The van der Waals surface area contributed by atoms with E-state index in [2.05, 4.69) is 20.8 Å². The third-order valence-corrected chi connectivity index (χ3v) is 5.29. The van der Waals surface area contributed by atoms with E-state index in [1.807, 2.05) is 30.3 Å². The van der Waals surface area contributed by atoms with Crippen LogP contribution in [0.3, 0.4) is 0 Å². The number of hydrogen-bond donors (Lipinski definition) is 0. The maximum Gasteiger partial charge on any atom is 0.146 e. The Morgan fingerprint density at radius 1 is 0.905 bits per heavy atom. The number of halogens is 2. The van der Waals surface area contributed by atoms with Gasteiger partial charge in [0.1, 0.15) is 4.33 Å². The summed E-state index contributed by atoms with van der Waals surface area (Å²) in [4.78, 5) is 0. The first-order valence-corrected chi connectivity index (χ1v) is 9.19. The maximum absolute atomic E-state index is 6.75. The highest BCUT2D eigenvalue weighted by Gasteiger charge is 2.37. The number of unbranched alkanes of at least 4 members (excludes halogenated alkanes) is 5. The van der Waals surface area contributed by atoms with E-state index in [0.717, 1.165) is 12.0 Å². The highest BCUT2D eigenvalue weighted by molar-refractivity contribution is 6.48. The average Bonchev–Trinajstić information content (AvgIpc) is 2.46. The summed E-state index contributed by atoms with van der Waals surface area (Å²) in [7, 11) is 0. The molecule has 1 atom stereocenters. The molecule has 1 aromatic rings. The van der Waals surface area contributed by atoms with Gasteiger partial charge in [0.25, 0.3) is 0 Å². The van der Waals surface area contributed by atoms with E-state index in [9.17, 15) is 0 Å². The molecule has 0 aliphatic heterocycles. The molecule has 0 N–H and O–H groups in total. The molecule has 0 fully saturated rings. The first-order valence-electron chi connectivity index (χ1n) is 8.43. The van der Waals surface area contributed by atoms with Crippen molar-refractivity contribution in [3.8, 4) is 0 Å². The van der Waals surface area contributed by atoms with Crippen molar-refractivity contribution in [3.05, 3.63) is 35.9 Å². The Hall–Kier alpha value is -0.200. The topological polar surface area (TPSA) is 0 Å². The molecule has 0 saturated carbocycles. The second-order valence-electron chi connectivity index (χ2n) is 6.40. The van der Waals surface area contributed by atoms with Crippen LogP contribution in [0.15, 0.2) is 30.3 Å². The van der Waals surface area contributed by atoms with Crippen LogP contribution in [0, 0.1) is 11.8 Å². The van der Waals surface area contributed by atoms with Crippen LogP contribution in [-0.2, 0) is 4.33 Å². The second kappa shape index (κ2) is 9.74. The summed E-state index contributed by atoms with van der Waals surface area (Å²) in [6.07, 6.45) is 8.96. The van der Waals surface area contributed by atoms with Crippen molar-refractivity contribution in [1.82, 2.24) is 0 Å². The highest BCUT2D eigenvalue weighted by Crippen LogP contribution is 2.46. The summed E-state index contributed by atoms with van der Waals surface area (Å²) in [5.74, 6) is 0.783. The Kier molecular flexibility index (Phi) is 8.74. The van der Waals surface area contributed by atoms with Gasteiger partial charge in [0.15, 0.2) is 0 Å². The lowest BCUT2D eigenvalue weighted by molar-refractivity contribution is 0.311. The lowest BCUT2D eigenvalue weighted by atomic mass is 9.84. The van der Waals surface area contributed by atoms with Gasteiger partial charge in [-0.1, -0.05) is 113 Å². The van der Waals surface area contributed by atoms with Crippen LogP contribution in [-0.4, -0.2) is 0 Å². The predicted molar refractivity (Wildman–Crippen MR) is 96.1 cm³/mol. The van der Waals surface area contributed by atoms with Gasteiger partial charge in [-0.05, 0) is 23.8 Å². The van der Waals surface area contributed by atoms with E-state index in [4.69, 9.17) is 23.2 Å². The monoisotopic (exact) mass is 328 g/mol. The molecule has 0 nitrogen and oxygen atoms in total. The van der Waals surface area contributed by atoms with Crippen LogP contribution < -0.4 is 0 Å². The van der Waals surface area contributed by atoms with Crippen molar-refractivity contribution in [2.24, 2.45) is 11.8 Å². The van der Waals surface area contributed by atoms with Crippen molar-refractivity contribution >= 4 is 23.2 Å². The van der Waals surface area contributed by atoms with Gasteiger partial charge in [-0.15, -0.1) is 0 Å². The van der Waals surface area contributed by atoms with Gasteiger partial charge in [0, 0.05) is 0 Å². The summed E-state index contributed by atoms with van der Waals surface area (Å²) in [5, 5.41) is 0. The molecule has 0 aliphatic rings. The minimum Gasteiger partial charge on any atom is -0.0960 e. The molecule has 2 heteroatoms. The molecule has 0 heterocycles.